The number of rotatable bonds is 4. The number of para-hydroxylation sites is 1. The van der Waals surface area contributed by atoms with Crippen LogP contribution < -0.4 is 10.6 Å². The number of nitrogens with one attached hydrogen (secondary N) is 2. The first-order valence-corrected chi connectivity index (χ1v) is 6.23. The quantitative estimate of drug-likeness (QED) is 0.736. The predicted octanol–water partition coefficient (Wildman–Crippen LogP) is 2.05. The van der Waals surface area contributed by atoms with Crippen molar-refractivity contribution in [1.29, 1.82) is 0 Å². The van der Waals surface area contributed by atoms with Gasteiger partial charge >= 0.3 is 6.03 Å². The van der Waals surface area contributed by atoms with Crippen molar-refractivity contribution in [2.75, 3.05) is 18.5 Å². The fourth-order valence-corrected chi connectivity index (χ4v) is 1.79. The van der Waals surface area contributed by atoms with Crippen LogP contribution in [0.1, 0.15) is 12.1 Å². The summed E-state index contributed by atoms with van der Waals surface area (Å²) in [5.74, 6) is 0. The Morgan fingerprint density at radius 2 is 2.16 bits per heavy atom. The number of carbonyl (C=O) groups is 1. The predicted molar refractivity (Wildman–Crippen MR) is 75.2 cm³/mol. The van der Waals surface area contributed by atoms with Crippen molar-refractivity contribution in [2.45, 2.75) is 13.3 Å². The number of aryl methyl sites for hydroxylation is 1. The summed E-state index contributed by atoms with van der Waals surface area (Å²) in [6.07, 6.45) is 0.542. The minimum atomic E-state index is -0.288. The first-order chi connectivity index (χ1) is 9.20. The summed E-state index contributed by atoms with van der Waals surface area (Å²) in [5, 5.41) is 15.1. The molecule has 0 saturated carbocycles. The van der Waals surface area contributed by atoms with Gasteiger partial charge in [0.2, 0.25) is 0 Å². The minimum absolute atomic E-state index is 0.0648. The largest absolute Gasteiger partial charge is 0.396 e. The molecule has 0 saturated heterocycles. The van der Waals surface area contributed by atoms with Gasteiger partial charge in [-0.2, -0.15) is 0 Å². The van der Waals surface area contributed by atoms with E-state index in [0.717, 1.165) is 16.6 Å². The summed E-state index contributed by atoms with van der Waals surface area (Å²) < 4.78 is 0. The number of fused-ring (bicyclic) bond motifs is 1. The van der Waals surface area contributed by atoms with Crippen LogP contribution in [0.2, 0.25) is 0 Å². The van der Waals surface area contributed by atoms with E-state index in [1.54, 1.807) is 0 Å². The van der Waals surface area contributed by atoms with E-state index in [0.29, 0.717) is 18.7 Å². The van der Waals surface area contributed by atoms with Gasteiger partial charge in [-0.25, -0.2) is 4.79 Å². The van der Waals surface area contributed by atoms with E-state index >= 15 is 0 Å². The summed E-state index contributed by atoms with van der Waals surface area (Å²) in [6, 6.07) is 9.28. The van der Waals surface area contributed by atoms with Crippen LogP contribution in [0.4, 0.5) is 10.5 Å². The lowest BCUT2D eigenvalue weighted by Crippen LogP contribution is -2.30. The van der Waals surface area contributed by atoms with Gasteiger partial charge in [0, 0.05) is 24.2 Å². The third-order valence-electron chi connectivity index (χ3n) is 2.73. The molecule has 0 aliphatic carbocycles. The number of hydrogen-bond acceptors (Lipinski definition) is 3. The van der Waals surface area contributed by atoms with E-state index in [-0.39, 0.29) is 12.6 Å². The first kappa shape index (κ1) is 13.3. The molecule has 1 heterocycles. The van der Waals surface area contributed by atoms with Crippen molar-refractivity contribution in [2.24, 2.45) is 0 Å². The van der Waals surface area contributed by atoms with E-state index < -0.39 is 0 Å². The monoisotopic (exact) mass is 259 g/mol. The highest BCUT2D eigenvalue weighted by atomic mass is 16.3. The standard InChI is InChI=1S/C14H17N3O2/c1-10-6-7-11-4-2-5-12(13(11)16-10)17-14(19)15-8-3-9-18/h2,4-7,18H,3,8-9H2,1H3,(H2,15,17,19). The molecule has 0 fully saturated rings. The highest BCUT2D eigenvalue weighted by molar-refractivity contribution is 5.99. The molecule has 2 aromatic rings. The third kappa shape index (κ3) is 3.42. The molecule has 0 aliphatic heterocycles. The maximum atomic E-state index is 11.7. The zero-order chi connectivity index (χ0) is 13.7. The molecular weight excluding hydrogens is 242 g/mol. The topological polar surface area (TPSA) is 74.2 Å². The Kier molecular flexibility index (Phi) is 4.30. The smallest absolute Gasteiger partial charge is 0.319 e. The zero-order valence-corrected chi connectivity index (χ0v) is 10.8. The van der Waals surface area contributed by atoms with Crippen LogP contribution in [-0.4, -0.2) is 29.3 Å². The Hall–Kier alpha value is -2.14. The van der Waals surface area contributed by atoms with E-state index in [1.807, 2.05) is 37.3 Å². The van der Waals surface area contributed by atoms with E-state index in [4.69, 9.17) is 5.11 Å². The lowest BCUT2D eigenvalue weighted by atomic mass is 10.2. The fourth-order valence-electron chi connectivity index (χ4n) is 1.79. The average Bonchev–Trinajstić information content (AvgIpc) is 2.40. The number of aliphatic hydroxyl groups is 1. The number of urea groups is 1. The van der Waals surface area contributed by atoms with E-state index in [9.17, 15) is 4.79 Å². The average molecular weight is 259 g/mol. The molecule has 2 amide bonds. The Labute approximate surface area is 111 Å². The molecule has 0 spiro atoms. The number of hydrogen-bond donors (Lipinski definition) is 3. The van der Waals surface area contributed by atoms with Crippen LogP contribution in [0.3, 0.4) is 0 Å². The van der Waals surface area contributed by atoms with Gasteiger partial charge in [-0.3, -0.25) is 4.98 Å². The second-order valence-electron chi connectivity index (χ2n) is 4.29. The van der Waals surface area contributed by atoms with Crippen LogP contribution in [-0.2, 0) is 0 Å². The molecule has 5 heteroatoms. The number of anilines is 1. The lowest BCUT2D eigenvalue weighted by Gasteiger charge is -2.09. The van der Waals surface area contributed by atoms with Gasteiger partial charge in [0.05, 0.1) is 11.2 Å². The molecule has 0 atom stereocenters. The van der Waals surface area contributed by atoms with Gasteiger partial charge < -0.3 is 15.7 Å². The Balaban J connectivity index is 2.16. The van der Waals surface area contributed by atoms with Gasteiger partial charge in [-0.1, -0.05) is 18.2 Å². The molecule has 1 aromatic carbocycles. The zero-order valence-electron chi connectivity index (χ0n) is 10.8. The SMILES string of the molecule is Cc1ccc2cccc(NC(=O)NCCCO)c2n1. The number of benzene rings is 1. The maximum Gasteiger partial charge on any atom is 0.319 e. The molecule has 2 rings (SSSR count). The van der Waals surface area contributed by atoms with Gasteiger partial charge in [-0.05, 0) is 25.5 Å². The number of aliphatic hydroxyl groups excluding tert-OH is 1. The maximum absolute atomic E-state index is 11.7. The minimum Gasteiger partial charge on any atom is -0.396 e. The van der Waals surface area contributed by atoms with E-state index in [1.165, 1.54) is 0 Å². The Morgan fingerprint density at radius 3 is 2.95 bits per heavy atom. The molecule has 0 radical (unpaired) electrons. The normalized spacial score (nSPS) is 10.4. The summed E-state index contributed by atoms with van der Waals surface area (Å²) >= 11 is 0. The second kappa shape index (κ2) is 6.15. The van der Waals surface area contributed by atoms with Crippen molar-refractivity contribution in [3.8, 4) is 0 Å². The molecule has 3 N–H and O–H groups in total. The lowest BCUT2D eigenvalue weighted by molar-refractivity contribution is 0.249. The van der Waals surface area contributed by atoms with Crippen molar-refractivity contribution < 1.29 is 9.90 Å². The Morgan fingerprint density at radius 1 is 1.32 bits per heavy atom. The highest BCUT2D eigenvalue weighted by Crippen LogP contribution is 2.21. The van der Waals surface area contributed by atoms with Crippen LogP contribution in [0, 0.1) is 6.92 Å². The molecule has 19 heavy (non-hydrogen) atoms. The number of nitrogens with zero attached hydrogens (tertiary/aromatic N) is 1. The Bertz CT molecular complexity index is 584. The molecule has 5 nitrogen and oxygen atoms in total. The molecule has 0 aliphatic rings. The summed E-state index contributed by atoms with van der Waals surface area (Å²) in [7, 11) is 0. The van der Waals surface area contributed by atoms with Crippen LogP contribution in [0.5, 0.6) is 0 Å². The number of amides is 2. The molecule has 1 aromatic heterocycles. The number of aromatic nitrogens is 1. The number of pyridine rings is 1. The van der Waals surface area contributed by atoms with Crippen molar-refractivity contribution in [3.05, 3.63) is 36.0 Å². The van der Waals surface area contributed by atoms with E-state index in [2.05, 4.69) is 15.6 Å². The van der Waals surface area contributed by atoms with Crippen molar-refractivity contribution in [1.82, 2.24) is 10.3 Å². The van der Waals surface area contributed by atoms with Gasteiger partial charge in [-0.15, -0.1) is 0 Å². The molecule has 0 unspecified atom stereocenters. The molecule has 0 bridgehead atoms. The summed E-state index contributed by atoms with van der Waals surface area (Å²) in [5.41, 5.74) is 2.37. The van der Waals surface area contributed by atoms with Crippen LogP contribution in [0.25, 0.3) is 10.9 Å². The summed E-state index contributed by atoms with van der Waals surface area (Å²) in [4.78, 5) is 16.1. The highest BCUT2D eigenvalue weighted by Gasteiger charge is 2.06. The summed E-state index contributed by atoms with van der Waals surface area (Å²) in [6.45, 7) is 2.42. The second-order valence-corrected chi connectivity index (χ2v) is 4.29. The first-order valence-electron chi connectivity index (χ1n) is 6.23. The van der Waals surface area contributed by atoms with Crippen molar-refractivity contribution in [3.63, 3.8) is 0 Å². The van der Waals surface area contributed by atoms with Gasteiger partial charge in [0.1, 0.15) is 0 Å². The van der Waals surface area contributed by atoms with Gasteiger partial charge in [0.25, 0.3) is 0 Å². The number of carbonyl (C=O) groups excluding carboxylic acids is 1. The molecular formula is C14H17N3O2. The molecule has 100 valence electrons. The van der Waals surface area contributed by atoms with Crippen molar-refractivity contribution >= 4 is 22.6 Å². The third-order valence-corrected chi connectivity index (χ3v) is 2.73. The van der Waals surface area contributed by atoms with Crippen LogP contribution in [0.15, 0.2) is 30.3 Å². The van der Waals surface area contributed by atoms with Crippen LogP contribution >= 0.6 is 0 Å². The fraction of sp³-hybridized carbons (Fsp3) is 0.286. The van der Waals surface area contributed by atoms with Gasteiger partial charge in [0.15, 0.2) is 0 Å².